The number of pyridine rings is 1. The van der Waals surface area contributed by atoms with E-state index in [4.69, 9.17) is 21.4 Å². The number of carboxylic acids is 1. The van der Waals surface area contributed by atoms with Crippen LogP contribution in [0.4, 0.5) is 4.79 Å². The summed E-state index contributed by atoms with van der Waals surface area (Å²) in [5, 5.41) is 12.2. The number of rotatable bonds is 5. The van der Waals surface area contributed by atoms with Crippen LogP contribution in [0.2, 0.25) is 5.02 Å². The first-order valence-electron chi connectivity index (χ1n) is 6.17. The van der Waals surface area contributed by atoms with Gasteiger partial charge in [0.25, 0.3) is 0 Å². The number of carbonyl (C=O) groups is 2. The second-order valence-electron chi connectivity index (χ2n) is 5.08. The zero-order valence-corrected chi connectivity index (χ0v) is 13.5. The highest BCUT2D eigenvalue weighted by Gasteiger charge is 2.15. The van der Waals surface area contributed by atoms with Gasteiger partial charge < -0.3 is 15.2 Å². The number of hydrogen-bond donors (Lipinski definition) is 2. The number of carboxylic acid groups (broad SMARTS) is 1. The Balaban J connectivity index is 2.41. The normalized spacial score (nSPS) is 11.0. The molecule has 0 bridgehead atoms. The van der Waals surface area contributed by atoms with E-state index in [-0.39, 0.29) is 10.6 Å². The lowest BCUT2D eigenvalue weighted by Crippen LogP contribution is -2.33. The minimum atomic E-state index is -1.10. The molecule has 1 heterocycles. The van der Waals surface area contributed by atoms with Gasteiger partial charge in [-0.05, 0) is 26.8 Å². The minimum Gasteiger partial charge on any atom is -0.478 e. The molecular formula is C13H17ClN2O4S. The van der Waals surface area contributed by atoms with E-state index >= 15 is 0 Å². The monoisotopic (exact) mass is 332 g/mol. The number of nitrogens with one attached hydrogen (secondary N) is 1. The van der Waals surface area contributed by atoms with Gasteiger partial charge in [0.2, 0.25) is 0 Å². The van der Waals surface area contributed by atoms with Crippen LogP contribution >= 0.6 is 23.4 Å². The quantitative estimate of drug-likeness (QED) is 0.636. The summed E-state index contributed by atoms with van der Waals surface area (Å²) in [6.07, 6.45) is 0.813. The van der Waals surface area contributed by atoms with E-state index in [9.17, 15) is 9.59 Å². The van der Waals surface area contributed by atoms with E-state index in [1.54, 1.807) is 20.8 Å². The number of carbonyl (C=O) groups excluding carboxylic acids is 1. The summed E-state index contributed by atoms with van der Waals surface area (Å²) in [7, 11) is 0. The SMILES string of the molecule is CC(C)(C)OC(=O)NCCSc1cc(C(=O)O)c(Cl)cn1. The van der Waals surface area contributed by atoms with Crippen molar-refractivity contribution in [3.05, 3.63) is 22.8 Å². The van der Waals surface area contributed by atoms with Crippen LogP contribution in [-0.2, 0) is 4.74 Å². The maximum absolute atomic E-state index is 11.4. The number of halogens is 1. The van der Waals surface area contributed by atoms with E-state index < -0.39 is 17.7 Å². The molecule has 0 aromatic carbocycles. The Bertz CT molecular complexity index is 531. The van der Waals surface area contributed by atoms with Crippen molar-refractivity contribution < 1.29 is 19.4 Å². The van der Waals surface area contributed by atoms with E-state index in [1.165, 1.54) is 24.0 Å². The lowest BCUT2D eigenvalue weighted by atomic mass is 10.2. The molecule has 21 heavy (non-hydrogen) atoms. The Morgan fingerprint density at radius 3 is 2.71 bits per heavy atom. The van der Waals surface area contributed by atoms with Crippen LogP contribution in [0.5, 0.6) is 0 Å². The second kappa shape index (κ2) is 7.51. The lowest BCUT2D eigenvalue weighted by Gasteiger charge is -2.19. The van der Waals surface area contributed by atoms with Crippen LogP contribution in [0.25, 0.3) is 0 Å². The molecular weight excluding hydrogens is 316 g/mol. The minimum absolute atomic E-state index is 0.00858. The highest BCUT2D eigenvalue weighted by molar-refractivity contribution is 7.99. The van der Waals surface area contributed by atoms with Crippen molar-refractivity contribution in [3.8, 4) is 0 Å². The molecule has 0 saturated heterocycles. The summed E-state index contributed by atoms with van der Waals surface area (Å²) >= 11 is 7.05. The van der Waals surface area contributed by atoms with Crippen LogP contribution in [0.1, 0.15) is 31.1 Å². The number of amides is 1. The zero-order chi connectivity index (χ0) is 16.0. The summed E-state index contributed by atoms with van der Waals surface area (Å²) in [5.74, 6) is -0.566. The van der Waals surface area contributed by atoms with Crippen LogP contribution < -0.4 is 5.32 Å². The molecule has 1 aromatic rings. The van der Waals surface area contributed by atoms with E-state index in [1.807, 2.05) is 0 Å². The van der Waals surface area contributed by atoms with E-state index in [0.29, 0.717) is 17.3 Å². The maximum atomic E-state index is 11.4. The highest BCUT2D eigenvalue weighted by Crippen LogP contribution is 2.21. The van der Waals surface area contributed by atoms with Crippen LogP contribution in [0.3, 0.4) is 0 Å². The predicted octanol–water partition coefficient (Wildman–Crippen LogP) is 3.05. The van der Waals surface area contributed by atoms with Gasteiger partial charge in [-0.3, -0.25) is 0 Å². The Kier molecular flexibility index (Phi) is 6.29. The van der Waals surface area contributed by atoms with Gasteiger partial charge in [0.15, 0.2) is 0 Å². The Morgan fingerprint density at radius 1 is 1.48 bits per heavy atom. The van der Waals surface area contributed by atoms with Gasteiger partial charge in [0.1, 0.15) is 5.60 Å². The van der Waals surface area contributed by atoms with Crippen molar-refractivity contribution in [3.63, 3.8) is 0 Å². The third-order valence-electron chi connectivity index (χ3n) is 2.08. The first kappa shape index (κ1) is 17.6. The molecule has 1 rings (SSSR count). The summed E-state index contributed by atoms with van der Waals surface area (Å²) in [4.78, 5) is 26.4. The average molecular weight is 333 g/mol. The molecule has 1 aromatic heterocycles. The topological polar surface area (TPSA) is 88.5 Å². The smallest absolute Gasteiger partial charge is 0.407 e. The Morgan fingerprint density at radius 2 is 2.14 bits per heavy atom. The van der Waals surface area contributed by atoms with Crippen molar-refractivity contribution in [1.29, 1.82) is 0 Å². The average Bonchev–Trinajstić information content (AvgIpc) is 2.34. The van der Waals surface area contributed by atoms with Gasteiger partial charge >= 0.3 is 12.1 Å². The van der Waals surface area contributed by atoms with Crippen molar-refractivity contribution in [2.24, 2.45) is 0 Å². The van der Waals surface area contributed by atoms with Crippen molar-refractivity contribution in [2.45, 2.75) is 31.4 Å². The van der Waals surface area contributed by atoms with Gasteiger partial charge in [-0.15, -0.1) is 11.8 Å². The van der Waals surface area contributed by atoms with Crippen LogP contribution in [-0.4, -0.2) is 40.1 Å². The molecule has 2 N–H and O–H groups in total. The fourth-order valence-electron chi connectivity index (χ4n) is 1.29. The van der Waals surface area contributed by atoms with E-state index in [0.717, 1.165) is 0 Å². The number of hydrogen-bond acceptors (Lipinski definition) is 5. The van der Waals surface area contributed by atoms with Gasteiger partial charge in [-0.2, -0.15) is 0 Å². The molecule has 116 valence electrons. The molecule has 0 spiro atoms. The molecule has 0 aliphatic rings. The zero-order valence-electron chi connectivity index (χ0n) is 12.0. The summed E-state index contributed by atoms with van der Waals surface area (Å²) < 4.78 is 5.09. The summed E-state index contributed by atoms with van der Waals surface area (Å²) in [6, 6.07) is 1.41. The van der Waals surface area contributed by atoms with Crippen molar-refractivity contribution >= 4 is 35.4 Å². The van der Waals surface area contributed by atoms with Gasteiger partial charge in [0.05, 0.1) is 15.6 Å². The summed E-state index contributed by atoms with van der Waals surface area (Å²) in [5.41, 5.74) is -0.528. The van der Waals surface area contributed by atoms with Gasteiger partial charge in [-0.1, -0.05) is 11.6 Å². The number of alkyl carbamates (subject to hydrolysis) is 1. The van der Waals surface area contributed by atoms with Gasteiger partial charge in [-0.25, -0.2) is 14.6 Å². The number of thioether (sulfide) groups is 1. The molecule has 0 unspecified atom stereocenters. The second-order valence-corrected chi connectivity index (χ2v) is 6.61. The number of aromatic nitrogens is 1. The molecule has 8 heteroatoms. The third kappa shape index (κ3) is 6.68. The molecule has 0 fully saturated rings. The molecule has 0 radical (unpaired) electrons. The lowest BCUT2D eigenvalue weighted by molar-refractivity contribution is 0.0530. The van der Waals surface area contributed by atoms with Crippen molar-refractivity contribution in [2.75, 3.05) is 12.3 Å². The molecule has 1 amide bonds. The molecule has 0 aliphatic heterocycles. The maximum Gasteiger partial charge on any atom is 0.407 e. The number of aromatic carboxylic acids is 1. The summed E-state index contributed by atoms with van der Waals surface area (Å²) in [6.45, 7) is 5.73. The van der Waals surface area contributed by atoms with E-state index in [2.05, 4.69) is 10.3 Å². The first-order chi connectivity index (χ1) is 9.69. The molecule has 6 nitrogen and oxygen atoms in total. The highest BCUT2D eigenvalue weighted by atomic mass is 35.5. The number of nitrogens with zero attached hydrogens (tertiary/aromatic N) is 1. The standard InChI is InChI=1S/C13H17ClN2O4S/c1-13(2,3)20-12(19)15-4-5-21-10-6-8(11(17)18)9(14)7-16-10/h6-7H,4-5H2,1-3H3,(H,15,19)(H,17,18). The fraction of sp³-hybridized carbons (Fsp3) is 0.462. The largest absolute Gasteiger partial charge is 0.478 e. The number of ether oxygens (including phenoxy) is 1. The molecule has 0 atom stereocenters. The van der Waals surface area contributed by atoms with Crippen LogP contribution in [0.15, 0.2) is 17.3 Å². The van der Waals surface area contributed by atoms with Crippen molar-refractivity contribution in [1.82, 2.24) is 10.3 Å². The fourth-order valence-corrected chi connectivity index (χ4v) is 2.21. The predicted molar refractivity (Wildman–Crippen MR) is 81.2 cm³/mol. The first-order valence-corrected chi connectivity index (χ1v) is 7.54. The Labute approximate surface area is 132 Å². The van der Waals surface area contributed by atoms with Crippen LogP contribution in [0, 0.1) is 0 Å². The third-order valence-corrected chi connectivity index (χ3v) is 3.31. The molecule has 0 saturated carbocycles. The van der Waals surface area contributed by atoms with Gasteiger partial charge in [0, 0.05) is 18.5 Å². The Hall–Kier alpha value is -1.47. The molecule has 0 aliphatic carbocycles.